The molecular formula is C22H32ClN3O3. The monoisotopic (exact) mass is 421 g/mol. The van der Waals surface area contributed by atoms with Gasteiger partial charge < -0.3 is 20.3 Å². The van der Waals surface area contributed by atoms with Crippen molar-refractivity contribution >= 4 is 29.9 Å². The van der Waals surface area contributed by atoms with Gasteiger partial charge in [-0.15, -0.1) is 12.4 Å². The predicted molar refractivity (Wildman–Crippen MR) is 116 cm³/mol. The fourth-order valence-electron chi connectivity index (χ4n) is 4.73. The number of ether oxygens (including phenoxy) is 1. The summed E-state index contributed by atoms with van der Waals surface area (Å²) in [6.07, 6.45) is 4.20. The lowest BCUT2D eigenvalue weighted by molar-refractivity contribution is -0.129. The molecule has 3 aliphatic rings. The Kier molecular flexibility index (Phi) is 6.74. The molecule has 1 aliphatic carbocycles. The second kappa shape index (κ2) is 8.92. The van der Waals surface area contributed by atoms with Gasteiger partial charge in [0.2, 0.25) is 5.91 Å². The number of benzene rings is 1. The van der Waals surface area contributed by atoms with Crippen LogP contribution in [0.1, 0.15) is 46.0 Å². The Bertz CT molecular complexity index is 747. The molecule has 160 valence electrons. The zero-order chi connectivity index (χ0) is 19.7. The van der Waals surface area contributed by atoms with Crippen LogP contribution in [0.25, 0.3) is 0 Å². The first-order valence-corrected chi connectivity index (χ1v) is 10.7. The van der Waals surface area contributed by atoms with Crippen LogP contribution in [0.15, 0.2) is 24.3 Å². The average Bonchev–Trinajstić information content (AvgIpc) is 3.43. The van der Waals surface area contributed by atoms with Crippen LogP contribution >= 0.6 is 12.4 Å². The molecule has 2 aliphatic heterocycles. The number of hydrogen-bond acceptors (Lipinski definition) is 4. The standard InChI is InChI=1S/C22H31N3O3.ClH/c1-3-15(4-2)24-20(26)19-14-25(17-7-5-6-8-18(17)28-19)21(27)16-13-22(16)9-11-23-12-10-22;/h5-8,15-16,19,23H,3-4,9-14H2,1-2H3,(H,24,26);1H. The van der Waals surface area contributed by atoms with E-state index in [1.54, 1.807) is 4.90 Å². The normalized spacial score (nSPS) is 24.3. The zero-order valence-electron chi connectivity index (χ0n) is 17.3. The first kappa shape index (κ1) is 21.9. The smallest absolute Gasteiger partial charge is 0.263 e. The number of piperidine rings is 1. The molecule has 2 amide bonds. The van der Waals surface area contributed by atoms with Gasteiger partial charge in [-0.25, -0.2) is 0 Å². The van der Waals surface area contributed by atoms with Gasteiger partial charge in [0.1, 0.15) is 5.75 Å². The molecule has 2 unspecified atom stereocenters. The summed E-state index contributed by atoms with van der Waals surface area (Å²) in [5.41, 5.74) is 0.957. The van der Waals surface area contributed by atoms with E-state index in [2.05, 4.69) is 24.5 Å². The molecule has 1 aromatic rings. The molecule has 0 aromatic heterocycles. The van der Waals surface area contributed by atoms with Crippen molar-refractivity contribution in [3.63, 3.8) is 0 Å². The largest absolute Gasteiger partial charge is 0.477 e. The van der Waals surface area contributed by atoms with Crippen LogP contribution in [0.3, 0.4) is 0 Å². The highest BCUT2D eigenvalue weighted by molar-refractivity contribution is 6.00. The lowest BCUT2D eigenvalue weighted by atomic mass is 9.91. The molecule has 2 heterocycles. The summed E-state index contributed by atoms with van der Waals surface area (Å²) in [7, 11) is 0. The molecule has 1 spiro atoms. The number of para-hydroxylation sites is 2. The van der Waals surface area contributed by atoms with Crippen molar-refractivity contribution in [1.29, 1.82) is 0 Å². The number of fused-ring (bicyclic) bond motifs is 1. The van der Waals surface area contributed by atoms with Crippen LogP contribution in [-0.4, -0.2) is 43.6 Å². The van der Waals surface area contributed by atoms with Crippen molar-refractivity contribution in [2.75, 3.05) is 24.5 Å². The van der Waals surface area contributed by atoms with Gasteiger partial charge in [0.25, 0.3) is 5.91 Å². The Morgan fingerprint density at radius 1 is 1.24 bits per heavy atom. The van der Waals surface area contributed by atoms with Crippen molar-refractivity contribution < 1.29 is 14.3 Å². The fourth-order valence-corrected chi connectivity index (χ4v) is 4.73. The number of carbonyl (C=O) groups is 2. The third-order valence-corrected chi connectivity index (χ3v) is 6.75. The molecule has 2 N–H and O–H groups in total. The van der Waals surface area contributed by atoms with Gasteiger partial charge in [-0.05, 0) is 62.7 Å². The summed E-state index contributed by atoms with van der Waals surface area (Å²) < 4.78 is 5.99. The molecule has 2 fully saturated rings. The minimum absolute atomic E-state index is 0. The molecule has 0 bridgehead atoms. The van der Waals surface area contributed by atoms with Crippen molar-refractivity contribution in [1.82, 2.24) is 10.6 Å². The number of nitrogens with zero attached hydrogens (tertiary/aromatic N) is 1. The highest BCUT2D eigenvalue weighted by atomic mass is 35.5. The van der Waals surface area contributed by atoms with E-state index < -0.39 is 6.10 Å². The van der Waals surface area contributed by atoms with Crippen molar-refractivity contribution in [2.45, 2.75) is 58.1 Å². The van der Waals surface area contributed by atoms with E-state index in [1.165, 1.54) is 0 Å². The van der Waals surface area contributed by atoms with Crippen LogP contribution in [0, 0.1) is 11.3 Å². The highest BCUT2D eigenvalue weighted by Crippen LogP contribution is 2.59. The number of anilines is 1. The molecule has 0 radical (unpaired) electrons. The van der Waals surface area contributed by atoms with Gasteiger partial charge in [0, 0.05) is 12.0 Å². The minimum atomic E-state index is -0.665. The SMILES string of the molecule is CCC(CC)NC(=O)C1CN(C(=O)C2CC23CCNCC3)c2ccccc2O1.Cl. The van der Waals surface area contributed by atoms with Crippen molar-refractivity contribution in [3.8, 4) is 5.75 Å². The summed E-state index contributed by atoms with van der Waals surface area (Å²) >= 11 is 0. The quantitative estimate of drug-likeness (QED) is 0.766. The van der Waals surface area contributed by atoms with E-state index >= 15 is 0 Å². The van der Waals surface area contributed by atoms with Gasteiger partial charge in [-0.3, -0.25) is 9.59 Å². The number of nitrogens with one attached hydrogen (secondary N) is 2. The van der Waals surface area contributed by atoms with E-state index in [1.807, 2.05) is 24.3 Å². The number of rotatable bonds is 5. The first-order valence-electron chi connectivity index (χ1n) is 10.7. The molecule has 7 heteroatoms. The molecule has 2 atom stereocenters. The van der Waals surface area contributed by atoms with E-state index in [-0.39, 0.29) is 48.1 Å². The first-order chi connectivity index (χ1) is 13.6. The van der Waals surface area contributed by atoms with Crippen LogP contribution in [0.5, 0.6) is 5.75 Å². The summed E-state index contributed by atoms with van der Waals surface area (Å²) in [5.74, 6) is 0.710. The van der Waals surface area contributed by atoms with Crippen molar-refractivity contribution in [3.05, 3.63) is 24.3 Å². The zero-order valence-corrected chi connectivity index (χ0v) is 18.1. The second-order valence-corrected chi connectivity index (χ2v) is 8.41. The molecule has 6 nitrogen and oxygen atoms in total. The number of halogens is 1. The third kappa shape index (κ3) is 4.24. The Hall–Kier alpha value is -1.79. The van der Waals surface area contributed by atoms with Crippen LogP contribution in [0.2, 0.25) is 0 Å². The molecular weight excluding hydrogens is 390 g/mol. The number of carbonyl (C=O) groups excluding carboxylic acids is 2. The van der Waals surface area contributed by atoms with E-state index in [0.717, 1.165) is 50.9 Å². The number of amides is 2. The topological polar surface area (TPSA) is 70.7 Å². The van der Waals surface area contributed by atoms with Crippen LogP contribution in [0.4, 0.5) is 5.69 Å². The summed E-state index contributed by atoms with van der Waals surface area (Å²) in [6.45, 7) is 6.39. The second-order valence-electron chi connectivity index (χ2n) is 8.41. The Labute approximate surface area is 179 Å². The van der Waals surface area contributed by atoms with Crippen LogP contribution < -0.4 is 20.3 Å². The Morgan fingerprint density at radius 3 is 2.62 bits per heavy atom. The molecule has 29 heavy (non-hydrogen) atoms. The van der Waals surface area contributed by atoms with Gasteiger partial charge in [0.05, 0.1) is 12.2 Å². The lowest BCUT2D eigenvalue weighted by Crippen LogP contribution is -2.53. The van der Waals surface area contributed by atoms with Gasteiger partial charge >= 0.3 is 0 Å². The van der Waals surface area contributed by atoms with E-state index in [4.69, 9.17) is 4.74 Å². The summed E-state index contributed by atoms with van der Waals surface area (Å²) in [4.78, 5) is 28.0. The number of hydrogen-bond donors (Lipinski definition) is 2. The average molecular weight is 422 g/mol. The van der Waals surface area contributed by atoms with Crippen LogP contribution in [-0.2, 0) is 9.59 Å². The maximum Gasteiger partial charge on any atom is 0.263 e. The maximum atomic E-state index is 13.4. The lowest BCUT2D eigenvalue weighted by Gasteiger charge is -2.35. The van der Waals surface area contributed by atoms with Gasteiger partial charge in [-0.2, -0.15) is 0 Å². The third-order valence-electron chi connectivity index (χ3n) is 6.75. The highest BCUT2D eigenvalue weighted by Gasteiger charge is 2.59. The van der Waals surface area contributed by atoms with Crippen molar-refractivity contribution in [2.24, 2.45) is 11.3 Å². The predicted octanol–water partition coefficient (Wildman–Crippen LogP) is 2.90. The summed E-state index contributed by atoms with van der Waals surface area (Å²) in [6, 6.07) is 7.70. The summed E-state index contributed by atoms with van der Waals surface area (Å²) in [5, 5.41) is 6.46. The molecule has 1 saturated carbocycles. The molecule has 4 rings (SSSR count). The molecule has 1 saturated heterocycles. The Balaban J connectivity index is 0.00000240. The minimum Gasteiger partial charge on any atom is -0.477 e. The van der Waals surface area contributed by atoms with Gasteiger partial charge in [-0.1, -0.05) is 26.0 Å². The maximum absolute atomic E-state index is 13.4. The van der Waals surface area contributed by atoms with Gasteiger partial charge in [0.15, 0.2) is 6.10 Å². The van der Waals surface area contributed by atoms with E-state index in [9.17, 15) is 9.59 Å². The Morgan fingerprint density at radius 2 is 1.93 bits per heavy atom. The molecule has 1 aromatic carbocycles. The fraction of sp³-hybridized carbons (Fsp3) is 0.636. The van der Waals surface area contributed by atoms with E-state index in [0.29, 0.717) is 5.75 Å².